The molecule has 0 aliphatic carbocycles. The summed E-state index contributed by atoms with van der Waals surface area (Å²) in [5.41, 5.74) is 0. The van der Waals surface area contributed by atoms with Crippen molar-refractivity contribution in [2.45, 2.75) is 50.0 Å². The minimum Gasteiger partial charge on any atom is -0.353 e. The molecule has 27 heavy (non-hydrogen) atoms. The summed E-state index contributed by atoms with van der Waals surface area (Å²) in [6, 6.07) is 0.0505. The summed E-state index contributed by atoms with van der Waals surface area (Å²) in [7, 11) is -1.80. The molecular weight excluding hydrogens is 366 g/mol. The van der Waals surface area contributed by atoms with Crippen LogP contribution in [0.3, 0.4) is 0 Å². The minimum absolute atomic E-state index is 0.0505. The Morgan fingerprint density at radius 3 is 2.70 bits per heavy atom. The molecular formula is C18H31N5O3S. The molecule has 1 aromatic rings. The van der Waals surface area contributed by atoms with E-state index in [-0.39, 0.29) is 16.8 Å². The number of sulfonamides is 1. The van der Waals surface area contributed by atoms with Gasteiger partial charge in [0.05, 0.1) is 6.20 Å². The van der Waals surface area contributed by atoms with Crippen LogP contribution in [-0.2, 0) is 21.9 Å². The van der Waals surface area contributed by atoms with E-state index in [4.69, 9.17) is 0 Å². The van der Waals surface area contributed by atoms with Crippen molar-refractivity contribution in [3.8, 4) is 0 Å². The maximum Gasteiger partial charge on any atom is 0.246 e. The van der Waals surface area contributed by atoms with E-state index in [2.05, 4.69) is 22.7 Å². The number of piperidine rings is 2. The van der Waals surface area contributed by atoms with E-state index in [1.165, 1.54) is 34.2 Å². The van der Waals surface area contributed by atoms with Crippen molar-refractivity contribution in [1.82, 2.24) is 24.7 Å². The maximum atomic E-state index is 12.6. The standard InChI is InChI=1S/C18H31N5O3S/c1-14(15-4-3-7-19-11-15)10-18(24)21-16-5-8-23(9-6-16)27(25,26)17-12-20-22(2)13-17/h12-16,19H,3-11H2,1-2H3,(H,21,24). The SMILES string of the molecule is CC(CC(=O)NC1CCN(S(=O)(=O)c2cnn(C)c2)CC1)C1CCCNC1. The van der Waals surface area contributed by atoms with Gasteiger partial charge in [0.2, 0.25) is 15.9 Å². The molecule has 1 aromatic heterocycles. The number of carbonyl (C=O) groups excluding carboxylic acids is 1. The first-order valence-corrected chi connectivity index (χ1v) is 11.3. The van der Waals surface area contributed by atoms with E-state index in [1.807, 2.05) is 0 Å². The smallest absolute Gasteiger partial charge is 0.246 e. The van der Waals surface area contributed by atoms with Gasteiger partial charge in [-0.3, -0.25) is 9.48 Å². The lowest BCUT2D eigenvalue weighted by atomic mass is 9.85. The van der Waals surface area contributed by atoms with Gasteiger partial charge in [-0.05, 0) is 50.6 Å². The van der Waals surface area contributed by atoms with Gasteiger partial charge >= 0.3 is 0 Å². The Kier molecular flexibility index (Phi) is 6.54. The van der Waals surface area contributed by atoms with Crippen LogP contribution in [0.5, 0.6) is 0 Å². The Labute approximate surface area is 161 Å². The molecule has 0 aromatic carbocycles. The first kappa shape index (κ1) is 20.3. The highest BCUT2D eigenvalue weighted by Gasteiger charge is 2.31. The number of nitrogens with one attached hydrogen (secondary N) is 2. The molecule has 3 heterocycles. The molecule has 9 heteroatoms. The van der Waals surface area contributed by atoms with Crippen LogP contribution in [0.25, 0.3) is 0 Å². The van der Waals surface area contributed by atoms with Gasteiger partial charge in [0, 0.05) is 38.8 Å². The van der Waals surface area contributed by atoms with Crippen molar-refractivity contribution >= 4 is 15.9 Å². The van der Waals surface area contributed by atoms with Gasteiger partial charge in [0.1, 0.15) is 4.90 Å². The molecule has 2 aliphatic heterocycles. The predicted octanol–water partition coefficient (Wildman–Crippen LogP) is 0.715. The van der Waals surface area contributed by atoms with E-state index in [9.17, 15) is 13.2 Å². The number of aromatic nitrogens is 2. The van der Waals surface area contributed by atoms with Crippen LogP contribution >= 0.6 is 0 Å². The maximum absolute atomic E-state index is 12.6. The number of hydrogen-bond acceptors (Lipinski definition) is 5. The van der Waals surface area contributed by atoms with Crippen molar-refractivity contribution in [3.63, 3.8) is 0 Å². The molecule has 0 spiro atoms. The molecule has 3 rings (SSSR count). The second-order valence-electron chi connectivity index (χ2n) is 7.88. The number of hydrogen-bond donors (Lipinski definition) is 2. The number of amides is 1. The monoisotopic (exact) mass is 397 g/mol. The molecule has 152 valence electrons. The summed E-state index contributed by atoms with van der Waals surface area (Å²) in [6.07, 6.45) is 7.09. The quantitative estimate of drug-likeness (QED) is 0.737. The third-order valence-corrected chi connectivity index (χ3v) is 7.64. The minimum atomic E-state index is -3.50. The number of nitrogens with zero attached hydrogens (tertiary/aromatic N) is 3. The number of aryl methyl sites for hydroxylation is 1. The van der Waals surface area contributed by atoms with Crippen LogP contribution < -0.4 is 10.6 Å². The molecule has 2 fully saturated rings. The van der Waals surface area contributed by atoms with Gasteiger partial charge in [-0.2, -0.15) is 9.40 Å². The highest BCUT2D eigenvalue weighted by molar-refractivity contribution is 7.89. The zero-order valence-corrected chi connectivity index (χ0v) is 17.0. The number of rotatable bonds is 6. The van der Waals surface area contributed by atoms with Crippen molar-refractivity contribution < 1.29 is 13.2 Å². The van der Waals surface area contributed by atoms with Crippen molar-refractivity contribution in [2.24, 2.45) is 18.9 Å². The average Bonchev–Trinajstić information content (AvgIpc) is 3.10. The summed E-state index contributed by atoms with van der Waals surface area (Å²) in [4.78, 5) is 12.6. The topological polar surface area (TPSA) is 96.3 Å². The first-order valence-electron chi connectivity index (χ1n) is 9.85. The molecule has 2 unspecified atom stereocenters. The molecule has 0 saturated carbocycles. The zero-order chi connectivity index (χ0) is 19.4. The lowest BCUT2D eigenvalue weighted by Gasteiger charge is -2.32. The fraction of sp³-hybridized carbons (Fsp3) is 0.778. The Morgan fingerprint density at radius 1 is 1.37 bits per heavy atom. The van der Waals surface area contributed by atoms with E-state index < -0.39 is 10.0 Å². The third kappa shape index (κ3) is 5.08. The summed E-state index contributed by atoms with van der Waals surface area (Å²) < 4.78 is 28.2. The predicted molar refractivity (Wildman–Crippen MR) is 103 cm³/mol. The summed E-state index contributed by atoms with van der Waals surface area (Å²) in [5.74, 6) is 1.02. The van der Waals surface area contributed by atoms with Gasteiger partial charge in [0.25, 0.3) is 0 Å². The Hall–Kier alpha value is -1.45. The molecule has 0 bridgehead atoms. The lowest BCUT2D eigenvalue weighted by molar-refractivity contribution is -0.123. The van der Waals surface area contributed by atoms with Crippen LogP contribution in [0, 0.1) is 11.8 Å². The van der Waals surface area contributed by atoms with Crippen molar-refractivity contribution in [1.29, 1.82) is 0 Å². The van der Waals surface area contributed by atoms with Crippen LogP contribution in [0.2, 0.25) is 0 Å². The van der Waals surface area contributed by atoms with Crippen molar-refractivity contribution in [3.05, 3.63) is 12.4 Å². The molecule has 0 radical (unpaired) electrons. The fourth-order valence-corrected chi connectivity index (χ4v) is 5.49. The highest BCUT2D eigenvalue weighted by atomic mass is 32.2. The van der Waals surface area contributed by atoms with E-state index in [0.29, 0.717) is 44.2 Å². The van der Waals surface area contributed by atoms with Gasteiger partial charge in [0.15, 0.2) is 0 Å². The Bertz CT molecular complexity index is 734. The largest absolute Gasteiger partial charge is 0.353 e. The molecule has 2 aliphatic rings. The van der Waals surface area contributed by atoms with Gasteiger partial charge < -0.3 is 10.6 Å². The van der Waals surface area contributed by atoms with Crippen LogP contribution in [-0.4, -0.2) is 60.6 Å². The van der Waals surface area contributed by atoms with Crippen LogP contribution in [0.4, 0.5) is 0 Å². The zero-order valence-electron chi connectivity index (χ0n) is 16.2. The van der Waals surface area contributed by atoms with E-state index in [1.54, 1.807) is 7.05 Å². The highest BCUT2D eigenvalue weighted by Crippen LogP contribution is 2.23. The normalized spacial score (nSPS) is 23.9. The first-order chi connectivity index (χ1) is 12.9. The van der Waals surface area contributed by atoms with Crippen LogP contribution in [0.1, 0.15) is 39.0 Å². The van der Waals surface area contributed by atoms with Gasteiger partial charge in [-0.25, -0.2) is 8.42 Å². The summed E-state index contributed by atoms with van der Waals surface area (Å²) in [6.45, 7) is 5.07. The van der Waals surface area contributed by atoms with E-state index >= 15 is 0 Å². The molecule has 2 N–H and O–H groups in total. The molecule has 8 nitrogen and oxygen atoms in total. The second kappa shape index (κ2) is 8.70. The van der Waals surface area contributed by atoms with Crippen molar-refractivity contribution in [2.75, 3.05) is 26.2 Å². The molecule has 2 atom stereocenters. The van der Waals surface area contributed by atoms with Gasteiger partial charge in [-0.1, -0.05) is 6.92 Å². The molecule has 1 amide bonds. The Morgan fingerprint density at radius 2 is 2.11 bits per heavy atom. The van der Waals surface area contributed by atoms with E-state index in [0.717, 1.165) is 13.1 Å². The average molecular weight is 398 g/mol. The molecule has 2 saturated heterocycles. The fourth-order valence-electron chi connectivity index (χ4n) is 4.03. The lowest BCUT2D eigenvalue weighted by Crippen LogP contribution is -2.47. The summed E-state index contributed by atoms with van der Waals surface area (Å²) >= 11 is 0. The number of carbonyl (C=O) groups is 1. The van der Waals surface area contributed by atoms with Gasteiger partial charge in [-0.15, -0.1) is 0 Å². The third-order valence-electron chi connectivity index (χ3n) is 5.79. The van der Waals surface area contributed by atoms with Crippen LogP contribution in [0.15, 0.2) is 17.3 Å². The Balaban J connectivity index is 1.45. The second-order valence-corrected chi connectivity index (χ2v) is 9.82. The summed E-state index contributed by atoms with van der Waals surface area (Å²) in [5, 5.41) is 10.5.